The monoisotopic (exact) mass is 265 g/mol. The van der Waals surface area contributed by atoms with E-state index in [2.05, 4.69) is 54.1 Å². The zero-order chi connectivity index (χ0) is 14.1. The van der Waals surface area contributed by atoms with Crippen LogP contribution in [0.3, 0.4) is 0 Å². The molecule has 3 nitrogen and oxygen atoms in total. The number of nitrogens with zero attached hydrogens (tertiary/aromatic N) is 1. The van der Waals surface area contributed by atoms with E-state index in [-0.39, 0.29) is 0 Å². The lowest BCUT2D eigenvalue weighted by Gasteiger charge is -2.11. The number of rotatable bonds is 3. The Bertz CT molecular complexity index is 726. The van der Waals surface area contributed by atoms with Crippen LogP contribution in [0.4, 0.5) is 5.69 Å². The zero-order valence-corrected chi connectivity index (χ0v) is 11.6. The fourth-order valence-electron chi connectivity index (χ4n) is 2.49. The second-order valence-corrected chi connectivity index (χ2v) is 5.23. The summed E-state index contributed by atoms with van der Waals surface area (Å²) in [7, 11) is 0. The maximum atomic E-state index is 5.82. The third-order valence-electron chi connectivity index (χ3n) is 3.81. The lowest BCUT2D eigenvalue weighted by Crippen LogP contribution is -2.08. The molecule has 0 fully saturated rings. The normalized spacial score (nSPS) is 12.7. The molecule has 0 radical (unpaired) electrons. The van der Waals surface area contributed by atoms with E-state index in [4.69, 9.17) is 11.5 Å². The van der Waals surface area contributed by atoms with E-state index in [1.807, 2.05) is 12.1 Å². The molecule has 3 heteroatoms. The highest BCUT2D eigenvalue weighted by Crippen LogP contribution is 2.23. The molecule has 0 saturated heterocycles. The molecule has 0 amide bonds. The Morgan fingerprint density at radius 3 is 2.50 bits per heavy atom. The lowest BCUT2D eigenvalue weighted by molar-refractivity contribution is 0.774. The number of anilines is 1. The summed E-state index contributed by atoms with van der Waals surface area (Å²) >= 11 is 0. The number of hydrogen-bond acceptors (Lipinski definition) is 2. The van der Waals surface area contributed by atoms with Crippen LogP contribution in [-0.4, -0.2) is 11.1 Å². The van der Waals surface area contributed by atoms with Crippen molar-refractivity contribution in [3.63, 3.8) is 0 Å². The maximum Gasteiger partial charge on any atom is 0.0529 e. The highest BCUT2D eigenvalue weighted by molar-refractivity contribution is 5.84. The van der Waals surface area contributed by atoms with Gasteiger partial charge in [0.15, 0.2) is 0 Å². The Morgan fingerprint density at radius 1 is 1.05 bits per heavy atom. The second kappa shape index (κ2) is 5.02. The van der Waals surface area contributed by atoms with Gasteiger partial charge in [0.1, 0.15) is 0 Å². The summed E-state index contributed by atoms with van der Waals surface area (Å²) in [5.74, 6) is 0.394. The van der Waals surface area contributed by atoms with Crippen molar-refractivity contribution in [1.82, 2.24) is 4.57 Å². The predicted octanol–water partition coefficient (Wildman–Crippen LogP) is 3.27. The molecule has 0 aliphatic heterocycles. The van der Waals surface area contributed by atoms with E-state index < -0.39 is 0 Å². The number of hydrogen-bond donors (Lipinski definition) is 2. The Morgan fingerprint density at radius 2 is 1.80 bits per heavy atom. The van der Waals surface area contributed by atoms with Gasteiger partial charge in [0.2, 0.25) is 0 Å². The fourth-order valence-corrected chi connectivity index (χ4v) is 2.49. The van der Waals surface area contributed by atoms with Crippen molar-refractivity contribution in [3.8, 4) is 5.69 Å². The van der Waals surface area contributed by atoms with Crippen molar-refractivity contribution in [2.75, 3.05) is 12.3 Å². The number of aromatic nitrogens is 1. The van der Waals surface area contributed by atoms with Gasteiger partial charge in [-0.2, -0.15) is 0 Å². The molecule has 1 aromatic heterocycles. The highest BCUT2D eigenvalue weighted by atomic mass is 15.0. The molecule has 4 N–H and O–H groups in total. The first-order valence-electron chi connectivity index (χ1n) is 6.86. The maximum absolute atomic E-state index is 5.82. The minimum Gasteiger partial charge on any atom is -0.399 e. The molecule has 3 aromatic rings. The van der Waals surface area contributed by atoms with Crippen LogP contribution < -0.4 is 11.5 Å². The van der Waals surface area contributed by atoms with E-state index in [1.165, 1.54) is 11.1 Å². The lowest BCUT2D eigenvalue weighted by atomic mass is 10.0. The van der Waals surface area contributed by atoms with Crippen LogP contribution in [-0.2, 0) is 0 Å². The summed E-state index contributed by atoms with van der Waals surface area (Å²) < 4.78 is 2.17. The summed E-state index contributed by atoms with van der Waals surface area (Å²) in [6.07, 6.45) is 2.07. The van der Waals surface area contributed by atoms with Gasteiger partial charge in [-0.05, 0) is 54.4 Å². The summed E-state index contributed by atoms with van der Waals surface area (Å²) in [5.41, 5.74) is 15.9. The van der Waals surface area contributed by atoms with Crippen molar-refractivity contribution in [1.29, 1.82) is 0 Å². The Balaban J connectivity index is 2.03. The van der Waals surface area contributed by atoms with Crippen molar-refractivity contribution in [3.05, 3.63) is 60.3 Å². The second-order valence-electron chi connectivity index (χ2n) is 5.23. The van der Waals surface area contributed by atoms with E-state index in [9.17, 15) is 0 Å². The van der Waals surface area contributed by atoms with Gasteiger partial charge in [0.25, 0.3) is 0 Å². The predicted molar refractivity (Wildman–Crippen MR) is 85.2 cm³/mol. The van der Waals surface area contributed by atoms with Crippen LogP contribution in [0.15, 0.2) is 54.7 Å². The van der Waals surface area contributed by atoms with Crippen LogP contribution in [0.25, 0.3) is 16.6 Å². The van der Waals surface area contributed by atoms with Gasteiger partial charge in [-0.1, -0.05) is 19.1 Å². The van der Waals surface area contributed by atoms with Crippen molar-refractivity contribution >= 4 is 16.6 Å². The van der Waals surface area contributed by atoms with Gasteiger partial charge in [-0.15, -0.1) is 0 Å². The van der Waals surface area contributed by atoms with Crippen molar-refractivity contribution < 1.29 is 0 Å². The van der Waals surface area contributed by atoms with Crippen LogP contribution in [0.1, 0.15) is 18.4 Å². The van der Waals surface area contributed by atoms with Crippen LogP contribution >= 0.6 is 0 Å². The molecule has 1 atom stereocenters. The van der Waals surface area contributed by atoms with E-state index in [0.717, 1.165) is 16.8 Å². The van der Waals surface area contributed by atoms with Crippen LogP contribution in [0.2, 0.25) is 0 Å². The molecule has 0 aliphatic rings. The summed E-state index contributed by atoms with van der Waals surface area (Å²) in [5, 5.41) is 1.16. The first kappa shape index (κ1) is 12.8. The quantitative estimate of drug-likeness (QED) is 0.714. The third-order valence-corrected chi connectivity index (χ3v) is 3.81. The SMILES string of the molecule is CC(CN)c1ccc(-n2ccc3cc(N)ccc32)cc1. The molecule has 102 valence electrons. The van der Waals surface area contributed by atoms with Gasteiger partial charge in [-0.3, -0.25) is 0 Å². The zero-order valence-electron chi connectivity index (χ0n) is 11.6. The topological polar surface area (TPSA) is 57.0 Å². The van der Waals surface area contributed by atoms with E-state index in [1.54, 1.807) is 0 Å². The van der Waals surface area contributed by atoms with E-state index in [0.29, 0.717) is 12.5 Å². The van der Waals surface area contributed by atoms with Gasteiger partial charge in [0.05, 0.1) is 5.52 Å². The largest absolute Gasteiger partial charge is 0.399 e. The molecule has 1 heterocycles. The molecular weight excluding hydrogens is 246 g/mol. The molecule has 1 unspecified atom stereocenters. The Kier molecular flexibility index (Phi) is 3.20. The summed E-state index contributed by atoms with van der Waals surface area (Å²) in [4.78, 5) is 0. The number of nitrogen functional groups attached to an aromatic ring is 1. The van der Waals surface area contributed by atoms with Gasteiger partial charge in [0, 0.05) is 23.0 Å². The van der Waals surface area contributed by atoms with Gasteiger partial charge < -0.3 is 16.0 Å². The molecule has 20 heavy (non-hydrogen) atoms. The fraction of sp³-hybridized carbons (Fsp3) is 0.176. The number of benzene rings is 2. The van der Waals surface area contributed by atoms with Crippen molar-refractivity contribution in [2.45, 2.75) is 12.8 Å². The van der Waals surface area contributed by atoms with Crippen LogP contribution in [0, 0.1) is 0 Å². The number of fused-ring (bicyclic) bond motifs is 1. The summed E-state index contributed by atoms with van der Waals surface area (Å²) in [6.45, 7) is 2.81. The Hall–Kier alpha value is -2.26. The smallest absolute Gasteiger partial charge is 0.0529 e. The average Bonchev–Trinajstić information content (AvgIpc) is 2.89. The van der Waals surface area contributed by atoms with Gasteiger partial charge >= 0.3 is 0 Å². The Labute approximate surface area is 118 Å². The molecular formula is C17H19N3. The molecule has 3 rings (SSSR count). The molecule has 0 bridgehead atoms. The molecule has 0 aliphatic carbocycles. The first-order valence-corrected chi connectivity index (χ1v) is 6.86. The average molecular weight is 265 g/mol. The molecule has 0 saturated carbocycles. The minimum absolute atomic E-state index is 0.394. The van der Waals surface area contributed by atoms with Crippen molar-refractivity contribution in [2.24, 2.45) is 5.73 Å². The molecule has 2 aromatic carbocycles. The third kappa shape index (κ3) is 2.17. The highest BCUT2D eigenvalue weighted by Gasteiger charge is 2.06. The molecule has 0 spiro atoms. The number of nitrogens with two attached hydrogens (primary N) is 2. The van der Waals surface area contributed by atoms with E-state index >= 15 is 0 Å². The summed E-state index contributed by atoms with van der Waals surface area (Å²) in [6, 6.07) is 16.6. The minimum atomic E-state index is 0.394. The first-order chi connectivity index (χ1) is 9.69. The standard InChI is InChI=1S/C17H19N3/c1-12(11-18)13-2-5-16(6-3-13)20-9-8-14-10-15(19)4-7-17(14)20/h2-10,12H,11,18-19H2,1H3. The van der Waals surface area contributed by atoms with Gasteiger partial charge in [-0.25, -0.2) is 0 Å². The van der Waals surface area contributed by atoms with Crippen LogP contribution in [0.5, 0.6) is 0 Å².